The second-order valence-corrected chi connectivity index (χ2v) is 7.69. The van der Waals surface area contributed by atoms with E-state index in [1.54, 1.807) is 0 Å². The molecule has 0 unspecified atom stereocenters. The SMILES string of the molecule is Cc1ccc(C)c(Cn2c(CCCN3CCCC3)nc3ccccc32)c1. The van der Waals surface area contributed by atoms with Crippen LogP contribution in [0.3, 0.4) is 0 Å². The highest BCUT2D eigenvalue weighted by atomic mass is 15.1. The van der Waals surface area contributed by atoms with Crippen molar-refractivity contribution in [3.05, 3.63) is 65.0 Å². The van der Waals surface area contributed by atoms with Crippen LogP contribution in [0.1, 0.15) is 41.8 Å². The lowest BCUT2D eigenvalue weighted by Gasteiger charge is -2.15. The van der Waals surface area contributed by atoms with Gasteiger partial charge in [0.15, 0.2) is 0 Å². The van der Waals surface area contributed by atoms with E-state index in [1.807, 2.05) is 0 Å². The fourth-order valence-electron chi connectivity index (χ4n) is 4.10. The van der Waals surface area contributed by atoms with Crippen LogP contribution in [0.2, 0.25) is 0 Å². The lowest BCUT2D eigenvalue weighted by Crippen LogP contribution is -2.21. The van der Waals surface area contributed by atoms with Gasteiger partial charge in [-0.25, -0.2) is 4.98 Å². The van der Waals surface area contributed by atoms with Crippen molar-refractivity contribution in [2.24, 2.45) is 0 Å². The largest absolute Gasteiger partial charge is 0.323 e. The van der Waals surface area contributed by atoms with E-state index >= 15 is 0 Å². The third-order valence-electron chi connectivity index (χ3n) is 5.64. The lowest BCUT2D eigenvalue weighted by atomic mass is 10.1. The quantitative estimate of drug-likeness (QED) is 0.643. The highest BCUT2D eigenvalue weighted by molar-refractivity contribution is 5.76. The normalized spacial score (nSPS) is 15.2. The summed E-state index contributed by atoms with van der Waals surface area (Å²) in [5, 5.41) is 0. The summed E-state index contributed by atoms with van der Waals surface area (Å²) in [6.45, 7) is 9.05. The molecule has 0 radical (unpaired) electrons. The van der Waals surface area contributed by atoms with Gasteiger partial charge in [-0.1, -0.05) is 35.9 Å². The Morgan fingerprint density at radius 3 is 2.65 bits per heavy atom. The monoisotopic (exact) mass is 347 g/mol. The van der Waals surface area contributed by atoms with Crippen molar-refractivity contribution in [1.82, 2.24) is 14.5 Å². The zero-order valence-electron chi connectivity index (χ0n) is 16.0. The van der Waals surface area contributed by atoms with Crippen molar-refractivity contribution in [1.29, 1.82) is 0 Å². The molecule has 3 aromatic rings. The summed E-state index contributed by atoms with van der Waals surface area (Å²) in [5.74, 6) is 1.23. The van der Waals surface area contributed by atoms with Crippen molar-refractivity contribution in [3.63, 3.8) is 0 Å². The van der Waals surface area contributed by atoms with Crippen LogP contribution in [-0.2, 0) is 13.0 Å². The number of rotatable bonds is 6. The van der Waals surface area contributed by atoms with Crippen LogP contribution in [0.25, 0.3) is 11.0 Å². The summed E-state index contributed by atoms with van der Waals surface area (Å²) < 4.78 is 2.43. The van der Waals surface area contributed by atoms with E-state index in [-0.39, 0.29) is 0 Å². The van der Waals surface area contributed by atoms with Gasteiger partial charge in [0.2, 0.25) is 0 Å². The molecule has 1 fully saturated rings. The third kappa shape index (κ3) is 3.68. The molecule has 0 bridgehead atoms. The van der Waals surface area contributed by atoms with Gasteiger partial charge in [-0.2, -0.15) is 0 Å². The lowest BCUT2D eigenvalue weighted by molar-refractivity contribution is 0.332. The Bertz CT molecular complexity index is 888. The van der Waals surface area contributed by atoms with Gasteiger partial charge >= 0.3 is 0 Å². The zero-order chi connectivity index (χ0) is 17.9. The fourth-order valence-corrected chi connectivity index (χ4v) is 4.10. The highest BCUT2D eigenvalue weighted by Gasteiger charge is 2.14. The van der Waals surface area contributed by atoms with Gasteiger partial charge in [-0.3, -0.25) is 0 Å². The first kappa shape index (κ1) is 17.3. The Morgan fingerprint density at radius 1 is 1.00 bits per heavy atom. The number of aryl methyl sites for hydroxylation is 3. The standard InChI is InChI=1S/C23H29N3/c1-18-11-12-19(2)20(16-18)17-26-22-9-4-3-8-21(22)24-23(26)10-7-15-25-13-5-6-14-25/h3-4,8-9,11-12,16H,5-7,10,13-15,17H2,1-2H3. The van der Waals surface area contributed by atoms with Crippen LogP contribution < -0.4 is 0 Å². The van der Waals surface area contributed by atoms with E-state index in [4.69, 9.17) is 4.98 Å². The Hall–Kier alpha value is -2.13. The topological polar surface area (TPSA) is 21.1 Å². The van der Waals surface area contributed by atoms with Crippen molar-refractivity contribution in [3.8, 4) is 0 Å². The molecule has 136 valence electrons. The number of benzene rings is 2. The Labute approximate surface area is 156 Å². The molecule has 26 heavy (non-hydrogen) atoms. The Balaban J connectivity index is 1.59. The van der Waals surface area contributed by atoms with Gasteiger partial charge in [0.25, 0.3) is 0 Å². The van der Waals surface area contributed by atoms with Crippen LogP contribution in [0.15, 0.2) is 42.5 Å². The van der Waals surface area contributed by atoms with E-state index in [9.17, 15) is 0 Å². The molecule has 0 aliphatic carbocycles. The molecule has 0 atom stereocenters. The zero-order valence-corrected chi connectivity index (χ0v) is 16.0. The molecule has 4 rings (SSSR count). The number of hydrogen-bond donors (Lipinski definition) is 0. The Morgan fingerprint density at radius 2 is 1.81 bits per heavy atom. The van der Waals surface area contributed by atoms with Crippen LogP contribution >= 0.6 is 0 Å². The minimum absolute atomic E-state index is 0.910. The maximum atomic E-state index is 4.97. The molecule has 0 amide bonds. The molecular weight excluding hydrogens is 318 g/mol. The molecule has 0 N–H and O–H groups in total. The average Bonchev–Trinajstić information content (AvgIpc) is 3.27. The number of nitrogens with zero attached hydrogens (tertiary/aromatic N) is 3. The van der Waals surface area contributed by atoms with Gasteiger partial charge in [0, 0.05) is 13.0 Å². The number of imidazole rings is 1. The van der Waals surface area contributed by atoms with Gasteiger partial charge in [0.1, 0.15) is 5.82 Å². The number of para-hydroxylation sites is 2. The number of hydrogen-bond acceptors (Lipinski definition) is 2. The van der Waals surface area contributed by atoms with E-state index in [0.717, 1.165) is 18.5 Å². The highest BCUT2D eigenvalue weighted by Crippen LogP contribution is 2.21. The van der Waals surface area contributed by atoms with Crippen LogP contribution in [0, 0.1) is 13.8 Å². The van der Waals surface area contributed by atoms with Gasteiger partial charge in [0.05, 0.1) is 11.0 Å². The average molecular weight is 348 g/mol. The second-order valence-electron chi connectivity index (χ2n) is 7.69. The molecule has 1 aromatic heterocycles. The molecule has 1 saturated heterocycles. The molecule has 0 saturated carbocycles. The molecule has 1 aliphatic heterocycles. The maximum Gasteiger partial charge on any atom is 0.110 e. The first-order chi connectivity index (χ1) is 12.7. The predicted molar refractivity (Wildman–Crippen MR) is 109 cm³/mol. The first-order valence-corrected chi connectivity index (χ1v) is 9.93. The number of likely N-dealkylation sites (tertiary alicyclic amines) is 1. The summed E-state index contributed by atoms with van der Waals surface area (Å²) in [6, 6.07) is 15.3. The van der Waals surface area contributed by atoms with E-state index in [0.29, 0.717) is 0 Å². The van der Waals surface area contributed by atoms with E-state index < -0.39 is 0 Å². The van der Waals surface area contributed by atoms with Crippen molar-refractivity contribution < 1.29 is 0 Å². The summed E-state index contributed by atoms with van der Waals surface area (Å²) in [7, 11) is 0. The maximum absolute atomic E-state index is 4.97. The van der Waals surface area contributed by atoms with Crippen molar-refractivity contribution in [2.45, 2.75) is 46.1 Å². The molecule has 0 spiro atoms. The molecule has 1 aliphatic rings. The van der Waals surface area contributed by atoms with Gasteiger partial charge < -0.3 is 9.47 Å². The summed E-state index contributed by atoms with van der Waals surface area (Å²) in [4.78, 5) is 7.56. The first-order valence-electron chi connectivity index (χ1n) is 9.93. The molecule has 3 heteroatoms. The fraction of sp³-hybridized carbons (Fsp3) is 0.435. The van der Waals surface area contributed by atoms with Gasteiger partial charge in [-0.15, -0.1) is 0 Å². The third-order valence-corrected chi connectivity index (χ3v) is 5.64. The van der Waals surface area contributed by atoms with Crippen molar-refractivity contribution >= 4 is 11.0 Å². The van der Waals surface area contributed by atoms with Gasteiger partial charge in [-0.05, 0) is 76.0 Å². The smallest absolute Gasteiger partial charge is 0.110 e. The molecule has 2 aromatic carbocycles. The summed E-state index contributed by atoms with van der Waals surface area (Å²) in [6.07, 6.45) is 4.97. The molecule has 2 heterocycles. The minimum atomic E-state index is 0.910. The Kier molecular flexibility index (Phi) is 5.07. The predicted octanol–water partition coefficient (Wildman–Crippen LogP) is 4.73. The number of aromatic nitrogens is 2. The van der Waals surface area contributed by atoms with E-state index in [1.165, 1.54) is 66.9 Å². The van der Waals surface area contributed by atoms with E-state index in [2.05, 4.69) is 65.8 Å². The summed E-state index contributed by atoms with van der Waals surface area (Å²) in [5.41, 5.74) is 6.45. The summed E-state index contributed by atoms with van der Waals surface area (Å²) >= 11 is 0. The van der Waals surface area contributed by atoms with Crippen LogP contribution in [0.5, 0.6) is 0 Å². The minimum Gasteiger partial charge on any atom is -0.323 e. The second kappa shape index (κ2) is 7.63. The molecular formula is C23H29N3. The van der Waals surface area contributed by atoms with Crippen molar-refractivity contribution in [2.75, 3.05) is 19.6 Å². The van der Waals surface area contributed by atoms with Crippen LogP contribution in [0.4, 0.5) is 0 Å². The van der Waals surface area contributed by atoms with Crippen LogP contribution in [-0.4, -0.2) is 34.1 Å². The number of fused-ring (bicyclic) bond motifs is 1. The molecule has 3 nitrogen and oxygen atoms in total.